The van der Waals surface area contributed by atoms with Gasteiger partial charge in [-0.2, -0.15) is 0 Å². The average Bonchev–Trinajstić information content (AvgIpc) is 3.31. The second-order valence-electron chi connectivity index (χ2n) is 8.32. The molecule has 2 fully saturated rings. The Bertz CT molecular complexity index is 913. The Morgan fingerprint density at radius 1 is 0.867 bits per heavy atom. The van der Waals surface area contributed by atoms with Gasteiger partial charge in [0, 0.05) is 44.3 Å². The third kappa shape index (κ3) is 3.94. The molecule has 3 aromatic rings. The van der Waals surface area contributed by atoms with Gasteiger partial charge in [0.05, 0.1) is 12.1 Å². The molecule has 1 atom stereocenters. The molecule has 1 aliphatic carbocycles. The largest absolute Gasteiger partial charge is 0.369 e. The number of tetrazole rings is 1. The Labute approximate surface area is 177 Å². The van der Waals surface area contributed by atoms with E-state index in [1.807, 2.05) is 18.5 Å². The van der Waals surface area contributed by atoms with Gasteiger partial charge in [-0.25, -0.2) is 4.68 Å². The third-order valence-electron chi connectivity index (χ3n) is 6.48. The molecule has 1 saturated heterocycles. The Morgan fingerprint density at radius 3 is 2.40 bits per heavy atom. The Balaban J connectivity index is 1.41. The Morgan fingerprint density at radius 2 is 1.67 bits per heavy atom. The zero-order valence-electron chi connectivity index (χ0n) is 17.3. The Hall–Kier alpha value is -2.80. The highest BCUT2D eigenvalue weighted by Crippen LogP contribution is 2.33. The zero-order valence-corrected chi connectivity index (χ0v) is 17.3. The van der Waals surface area contributed by atoms with Crippen molar-refractivity contribution in [1.82, 2.24) is 30.1 Å². The van der Waals surface area contributed by atoms with Crippen molar-refractivity contribution < 1.29 is 0 Å². The molecule has 30 heavy (non-hydrogen) atoms. The summed E-state index contributed by atoms with van der Waals surface area (Å²) in [6.07, 6.45) is 9.97. The smallest absolute Gasteiger partial charge is 0.173 e. The van der Waals surface area contributed by atoms with Crippen LogP contribution < -0.4 is 4.90 Å². The normalized spacial score (nSPS) is 19.7. The molecule has 7 nitrogen and oxygen atoms in total. The maximum atomic E-state index is 4.54. The lowest BCUT2D eigenvalue weighted by atomic mass is 9.95. The molecule has 1 unspecified atom stereocenters. The van der Waals surface area contributed by atoms with Crippen molar-refractivity contribution in [1.29, 1.82) is 0 Å². The minimum atomic E-state index is 0.0357. The predicted molar refractivity (Wildman–Crippen MR) is 116 cm³/mol. The second kappa shape index (κ2) is 8.92. The van der Waals surface area contributed by atoms with Gasteiger partial charge in [-0.15, -0.1) is 5.10 Å². The van der Waals surface area contributed by atoms with Gasteiger partial charge in [-0.3, -0.25) is 9.88 Å². The van der Waals surface area contributed by atoms with Crippen LogP contribution >= 0.6 is 0 Å². The number of rotatable bonds is 5. The van der Waals surface area contributed by atoms with E-state index in [1.165, 1.54) is 37.8 Å². The number of anilines is 1. The van der Waals surface area contributed by atoms with Crippen molar-refractivity contribution in [2.75, 3.05) is 31.1 Å². The van der Waals surface area contributed by atoms with E-state index in [9.17, 15) is 0 Å². The molecule has 2 aliphatic rings. The van der Waals surface area contributed by atoms with Crippen LogP contribution in [0.2, 0.25) is 0 Å². The Kier molecular flexibility index (Phi) is 5.70. The number of nitrogens with zero attached hydrogens (tertiary/aromatic N) is 7. The summed E-state index contributed by atoms with van der Waals surface area (Å²) in [6, 6.07) is 15.3. The van der Waals surface area contributed by atoms with Crippen molar-refractivity contribution in [2.24, 2.45) is 0 Å². The van der Waals surface area contributed by atoms with E-state index in [0.717, 1.165) is 37.6 Å². The monoisotopic (exact) mass is 403 g/mol. The summed E-state index contributed by atoms with van der Waals surface area (Å²) in [7, 11) is 0. The molecule has 1 saturated carbocycles. The summed E-state index contributed by atoms with van der Waals surface area (Å²) in [5, 5.41) is 13.1. The molecule has 5 rings (SSSR count). The van der Waals surface area contributed by atoms with E-state index in [-0.39, 0.29) is 6.04 Å². The fraction of sp³-hybridized carbons (Fsp3) is 0.478. The second-order valence-corrected chi connectivity index (χ2v) is 8.32. The van der Waals surface area contributed by atoms with Crippen LogP contribution in [0, 0.1) is 0 Å². The molecule has 0 N–H and O–H groups in total. The van der Waals surface area contributed by atoms with Gasteiger partial charge in [0.15, 0.2) is 5.82 Å². The van der Waals surface area contributed by atoms with Gasteiger partial charge >= 0.3 is 0 Å². The lowest BCUT2D eigenvalue weighted by Gasteiger charge is -2.40. The lowest BCUT2D eigenvalue weighted by molar-refractivity contribution is 0.193. The SMILES string of the molecule is c1ccc(N2CCN(C(c3cccnc3)c3nnnn3C3CCCCC3)CC2)cc1. The number of aromatic nitrogens is 5. The van der Waals surface area contributed by atoms with Crippen molar-refractivity contribution in [3.05, 3.63) is 66.2 Å². The van der Waals surface area contributed by atoms with Crippen molar-refractivity contribution in [3.63, 3.8) is 0 Å². The van der Waals surface area contributed by atoms with Gasteiger partial charge in [-0.05, 0) is 47.0 Å². The zero-order chi connectivity index (χ0) is 20.2. The molecule has 2 aromatic heterocycles. The molecule has 156 valence electrons. The van der Waals surface area contributed by atoms with E-state index >= 15 is 0 Å². The number of benzene rings is 1. The molecular weight excluding hydrogens is 374 g/mol. The third-order valence-corrected chi connectivity index (χ3v) is 6.48. The minimum absolute atomic E-state index is 0.0357. The summed E-state index contributed by atoms with van der Waals surface area (Å²) < 4.78 is 2.11. The molecule has 7 heteroatoms. The van der Waals surface area contributed by atoms with E-state index in [0.29, 0.717) is 6.04 Å². The van der Waals surface area contributed by atoms with Crippen molar-refractivity contribution in [2.45, 2.75) is 44.2 Å². The van der Waals surface area contributed by atoms with E-state index in [2.05, 4.69) is 71.4 Å². The highest BCUT2D eigenvalue weighted by molar-refractivity contribution is 5.46. The number of hydrogen-bond acceptors (Lipinski definition) is 6. The first kappa shape index (κ1) is 19.2. The first-order valence-corrected chi connectivity index (χ1v) is 11.1. The number of piperazine rings is 1. The summed E-state index contributed by atoms with van der Waals surface area (Å²) in [4.78, 5) is 9.37. The first-order valence-electron chi connectivity index (χ1n) is 11.1. The summed E-state index contributed by atoms with van der Waals surface area (Å²) in [5.41, 5.74) is 2.46. The highest BCUT2D eigenvalue weighted by atomic mass is 15.6. The standard InChI is InChI=1S/C23H29N7/c1-3-9-20(10-4-1)28-14-16-29(17-15-28)22(19-8-7-13-24-18-19)23-25-26-27-30(23)21-11-5-2-6-12-21/h1,3-4,7-10,13,18,21-22H,2,5-6,11-12,14-17H2. The van der Waals surface area contributed by atoms with E-state index in [4.69, 9.17) is 0 Å². The van der Waals surface area contributed by atoms with Crippen molar-refractivity contribution >= 4 is 5.69 Å². The number of hydrogen-bond donors (Lipinski definition) is 0. The summed E-state index contributed by atoms with van der Waals surface area (Å²) >= 11 is 0. The van der Waals surface area contributed by atoms with Crippen LogP contribution in [0.4, 0.5) is 5.69 Å². The van der Waals surface area contributed by atoms with Gasteiger partial charge in [0.1, 0.15) is 0 Å². The molecule has 1 aromatic carbocycles. The molecule has 0 radical (unpaired) electrons. The maximum absolute atomic E-state index is 4.54. The van der Waals surface area contributed by atoms with Gasteiger partial charge < -0.3 is 4.90 Å². The number of para-hydroxylation sites is 1. The van der Waals surface area contributed by atoms with Crippen LogP contribution in [-0.4, -0.2) is 56.3 Å². The molecule has 0 bridgehead atoms. The van der Waals surface area contributed by atoms with Crippen LogP contribution in [0.1, 0.15) is 55.6 Å². The van der Waals surface area contributed by atoms with Crippen LogP contribution in [0.3, 0.4) is 0 Å². The molecule has 3 heterocycles. The van der Waals surface area contributed by atoms with Crippen LogP contribution in [0.5, 0.6) is 0 Å². The average molecular weight is 404 g/mol. The maximum Gasteiger partial charge on any atom is 0.173 e. The van der Waals surface area contributed by atoms with Crippen molar-refractivity contribution in [3.8, 4) is 0 Å². The van der Waals surface area contributed by atoms with Crippen LogP contribution in [-0.2, 0) is 0 Å². The molecule has 0 amide bonds. The fourth-order valence-corrected chi connectivity index (χ4v) is 4.90. The summed E-state index contributed by atoms with van der Waals surface area (Å²) in [6.45, 7) is 3.91. The fourth-order valence-electron chi connectivity index (χ4n) is 4.90. The molecule has 1 aliphatic heterocycles. The number of pyridine rings is 1. The first-order chi connectivity index (χ1) is 14.9. The van der Waals surface area contributed by atoms with Gasteiger partial charge in [0.25, 0.3) is 0 Å². The lowest BCUT2D eigenvalue weighted by Crippen LogP contribution is -2.48. The predicted octanol–water partition coefficient (Wildman–Crippen LogP) is 3.48. The summed E-state index contributed by atoms with van der Waals surface area (Å²) in [5.74, 6) is 0.961. The van der Waals surface area contributed by atoms with Gasteiger partial charge in [-0.1, -0.05) is 43.5 Å². The van der Waals surface area contributed by atoms with Crippen LogP contribution in [0.15, 0.2) is 54.9 Å². The van der Waals surface area contributed by atoms with E-state index in [1.54, 1.807) is 0 Å². The topological polar surface area (TPSA) is 63.0 Å². The minimum Gasteiger partial charge on any atom is -0.369 e. The quantitative estimate of drug-likeness (QED) is 0.650. The van der Waals surface area contributed by atoms with Crippen LogP contribution in [0.25, 0.3) is 0 Å². The highest BCUT2D eigenvalue weighted by Gasteiger charge is 2.32. The molecular formula is C23H29N7. The van der Waals surface area contributed by atoms with E-state index < -0.39 is 0 Å². The van der Waals surface area contributed by atoms with Gasteiger partial charge in [0.2, 0.25) is 0 Å². The molecule has 0 spiro atoms.